The van der Waals surface area contributed by atoms with Gasteiger partial charge < -0.3 is 20.4 Å². The average Bonchev–Trinajstić information content (AvgIpc) is 3.14. The van der Waals surface area contributed by atoms with E-state index >= 15 is 0 Å². The Morgan fingerprint density at radius 1 is 1.25 bits per heavy atom. The second-order valence-electron chi connectivity index (χ2n) is 7.69. The smallest absolute Gasteiger partial charge is 0.322 e. The maximum atomic E-state index is 12.4. The van der Waals surface area contributed by atoms with E-state index in [0.717, 1.165) is 22.3 Å². The van der Waals surface area contributed by atoms with Gasteiger partial charge in [0.25, 0.3) is 5.91 Å². The Morgan fingerprint density at radius 3 is 2.61 bits per heavy atom. The molecule has 0 radical (unpaired) electrons. The average molecular weight is 384 g/mol. The lowest BCUT2D eigenvalue weighted by Gasteiger charge is -2.34. The normalized spacial score (nSPS) is 25.4. The molecule has 1 aliphatic heterocycles. The number of nitrogens with one attached hydrogen (secondary N) is 4. The van der Waals surface area contributed by atoms with E-state index in [1.54, 1.807) is 0 Å². The quantitative estimate of drug-likeness (QED) is 0.609. The maximum Gasteiger partial charge on any atom is 0.322 e. The number of furan rings is 1. The van der Waals surface area contributed by atoms with E-state index in [4.69, 9.17) is 4.42 Å². The molecular weight excluding hydrogens is 360 g/mol. The van der Waals surface area contributed by atoms with Crippen LogP contribution in [0.5, 0.6) is 0 Å². The van der Waals surface area contributed by atoms with Crippen molar-refractivity contribution in [3.8, 4) is 0 Å². The number of carbonyl (C=O) groups excluding carboxylic acids is 3. The summed E-state index contributed by atoms with van der Waals surface area (Å²) in [6.45, 7) is 3.87. The Bertz CT molecular complexity index is 943. The Labute approximate surface area is 162 Å². The van der Waals surface area contributed by atoms with Gasteiger partial charge in [-0.3, -0.25) is 10.1 Å². The molecule has 28 heavy (non-hydrogen) atoms. The number of amides is 5. The molecule has 1 atom stereocenters. The monoisotopic (exact) mass is 384 g/mol. The number of aryl methyl sites for hydroxylation is 1. The Kier molecular flexibility index (Phi) is 4.49. The highest BCUT2D eigenvalue weighted by Crippen LogP contribution is 2.31. The molecule has 2 aromatic rings. The highest BCUT2D eigenvalue weighted by molar-refractivity contribution is 6.07. The minimum atomic E-state index is -0.815. The standard InChI is InChI=1S/C20H24N4O4/c1-11-14-5-3-4-6-15(14)28-16(11)12(2)21-18(26)22-13-7-9-20(10-8-13)17(25)23-19(27)24-20/h3-6,12-13H,7-10H2,1-2H3,(H2,21,22,26)(H2,23,24,25,27)/t12-,13?,20?/m0/s1. The van der Waals surface area contributed by atoms with Crippen molar-refractivity contribution in [2.24, 2.45) is 0 Å². The largest absolute Gasteiger partial charge is 0.459 e. The third-order valence-corrected chi connectivity index (χ3v) is 5.81. The van der Waals surface area contributed by atoms with E-state index in [2.05, 4.69) is 21.3 Å². The second kappa shape index (κ2) is 6.85. The first-order valence-corrected chi connectivity index (χ1v) is 9.56. The highest BCUT2D eigenvalue weighted by atomic mass is 16.3. The van der Waals surface area contributed by atoms with Gasteiger partial charge in [-0.05, 0) is 45.6 Å². The van der Waals surface area contributed by atoms with Gasteiger partial charge in [-0.15, -0.1) is 0 Å². The first kappa shape index (κ1) is 18.3. The predicted octanol–water partition coefficient (Wildman–Crippen LogP) is 2.62. The summed E-state index contributed by atoms with van der Waals surface area (Å²) in [4.78, 5) is 35.8. The maximum absolute atomic E-state index is 12.4. The van der Waals surface area contributed by atoms with Crippen LogP contribution in [0.15, 0.2) is 28.7 Å². The van der Waals surface area contributed by atoms with Crippen LogP contribution in [0.25, 0.3) is 11.0 Å². The minimum absolute atomic E-state index is 0.0418. The fraction of sp³-hybridized carbons (Fsp3) is 0.450. The molecule has 4 rings (SSSR count). The van der Waals surface area contributed by atoms with Crippen molar-refractivity contribution in [2.45, 2.75) is 57.2 Å². The van der Waals surface area contributed by atoms with Gasteiger partial charge in [-0.25, -0.2) is 9.59 Å². The molecule has 1 saturated carbocycles. The van der Waals surface area contributed by atoms with Crippen molar-refractivity contribution in [3.63, 3.8) is 0 Å². The lowest BCUT2D eigenvalue weighted by molar-refractivity contribution is -0.125. The zero-order valence-electron chi connectivity index (χ0n) is 15.9. The molecule has 2 aliphatic rings. The van der Waals surface area contributed by atoms with Crippen molar-refractivity contribution in [1.29, 1.82) is 0 Å². The van der Waals surface area contributed by atoms with Crippen LogP contribution in [0.3, 0.4) is 0 Å². The molecule has 8 nitrogen and oxygen atoms in total. The molecule has 4 N–H and O–H groups in total. The zero-order chi connectivity index (χ0) is 19.9. The summed E-state index contributed by atoms with van der Waals surface area (Å²) in [5.41, 5.74) is 1.01. The van der Waals surface area contributed by atoms with E-state index in [1.807, 2.05) is 38.1 Å². The molecule has 148 valence electrons. The topological polar surface area (TPSA) is 112 Å². The van der Waals surface area contributed by atoms with Crippen molar-refractivity contribution < 1.29 is 18.8 Å². The van der Waals surface area contributed by atoms with Crippen LogP contribution in [0.4, 0.5) is 9.59 Å². The number of fused-ring (bicyclic) bond motifs is 1. The SMILES string of the molecule is Cc1c([C@H](C)NC(=O)NC2CCC3(CC2)NC(=O)NC3=O)oc2ccccc12. The van der Waals surface area contributed by atoms with Gasteiger partial charge in [-0.2, -0.15) is 0 Å². The fourth-order valence-corrected chi connectivity index (χ4v) is 4.23. The first-order chi connectivity index (χ1) is 13.4. The molecule has 2 heterocycles. The van der Waals surface area contributed by atoms with Crippen LogP contribution >= 0.6 is 0 Å². The van der Waals surface area contributed by atoms with Crippen LogP contribution in [-0.2, 0) is 4.79 Å². The van der Waals surface area contributed by atoms with Gasteiger partial charge in [-0.1, -0.05) is 18.2 Å². The molecule has 0 unspecified atom stereocenters. The van der Waals surface area contributed by atoms with Gasteiger partial charge in [0.2, 0.25) is 0 Å². The number of rotatable bonds is 3. The van der Waals surface area contributed by atoms with Crippen LogP contribution in [0.1, 0.15) is 50.0 Å². The number of hydrogen-bond donors (Lipinski definition) is 4. The summed E-state index contributed by atoms with van der Waals surface area (Å²) in [7, 11) is 0. The molecular formula is C20H24N4O4. The highest BCUT2D eigenvalue weighted by Gasteiger charge is 2.48. The van der Waals surface area contributed by atoms with E-state index in [-0.39, 0.29) is 24.0 Å². The van der Waals surface area contributed by atoms with Crippen LogP contribution in [0, 0.1) is 6.92 Å². The van der Waals surface area contributed by atoms with Crippen molar-refractivity contribution >= 4 is 28.9 Å². The van der Waals surface area contributed by atoms with Crippen LogP contribution in [0.2, 0.25) is 0 Å². The Morgan fingerprint density at radius 2 is 1.96 bits per heavy atom. The third-order valence-electron chi connectivity index (χ3n) is 5.81. The van der Waals surface area contributed by atoms with Crippen molar-refractivity contribution in [3.05, 3.63) is 35.6 Å². The van der Waals surface area contributed by atoms with E-state index in [0.29, 0.717) is 25.7 Å². The molecule has 1 spiro atoms. The number of hydrogen-bond acceptors (Lipinski definition) is 4. The van der Waals surface area contributed by atoms with E-state index in [1.165, 1.54) is 0 Å². The molecule has 8 heteroatoms. The van der Waals surface area contributed by atoms with Crippen LogP contribution < -0.4 is 21.3 Å². The van der Waals surface area contributed by atoms with Gasteiger partial charge >= 0.3 is 12.1 Å². The molecule has 5 amide bonds. The lowest BCUT2D eigenvalue weighted by Crippen LogP contribution is -2.53. The van der Waals surface area contributed by atoms with Crippen LogP contribution in [-0.4, -0.2) is 29.6 Å². The Hall–Kier alpha value is -3.03. The van der Waals surface area contributed by atoms with E-state index in [9.17, 15) is 14.4 Å². The number of carbonyl (C=O) groups is 3. The number of para-hydroxylation sites is 1. The van der Waals surface area contributed by atoms with Gasteiger partial charge in [0.1, 0.15) is 16.9 Å². The molecule has 1 aliphatic carbocycles. The summed E-state index contributed by atoms with van der Waals surface area (Å²) in [6.07, 6.45) is 2.26. The fourth-order valence-electron chi connectivity index (χ4n) is 4.23. The third kappa shape index (κ3) is 3.19. The number of urea groups is 2. The minimum Gasteiger partial charge on any atom is -0.459 e. The first-order valence-electron chi connectivity index (χ1n) is 9.56. The lowest BCUT2D eigenvalue weighted by atomic mass is 9.79. The summed E-state index contributed by atoms with van der Waals surface area (Å²) in [5.74, 6) is 0.471. The molecule has 1 aromatic carbocycles. The summed E-state index contributed by atoms with van der Waals surface area (Å²) >= 11 is 0. The summed E-state index contributed by atoms with van der Waals surface area (Å²) in [6, 6.07) is 6.76. The summed E-state index contributed by atoms with van der Waals surface area (Å²) in [5, 5.41) is 12.0. The van der Waals surface area contributed by atoms with Gasteiger partial charge in [0, 0.05) is 17.0 Å². The van der Waals surface area contributed by atoms with E-state index < -0.39 is 11.6 Å². The zero-order valence-corrected chi connectivity index (χ0v) is 15.9. The molecule has 1 saturated heterocycles. The van der Waals surface area contributed by atoms with Crippen molar-refractivity contribution in [1.82, 2.24) is 21.3 Å². The summed E-state index contributed by atoms with van der Waals surface area (Å²) < 4.78 is 5.91. The predicted molar refractivity (Wildman–Crippen MR) is 103 cm³/mol. The van der Waals surface area contributed by atoms with Gasteiger partial charge in [0.15, 0.2) is 0 Å². The Balaban J connectivity index is 1.34. The molecule has 2 fully saturated rings. The molecule has 0 bridgehead atoms. The number of imide groups is 1. The second-order valence-corrected chi connectivity index (χ2v) is 7.69. The van der Waals surface area contributed by atoms with Crippen molar-refractivity contribution in [2.75, 3.05) is 0 Å². The number of benzene rings is 1. The van der Waals surface area contributed by atoms with Gasteiger partial charge in [0.05, 0.1) is 6.04 Å². The molecule has 1 aromatic heterocycles.